The minimum Gasteiger partial charge on any atom is -0.480 e. The largest absolute Gasteiger partial charge is 0.480 e. The number of carbonyl (C=O) groups is 3. The molecule has 3 rings (SSSR count). The Hall–Kier alpha value is -3.13. The standard InChI is InChI=1S/C17H18N4O4/c18-12-7-4-8-21(12)16(23)11(9-10-5-2-1-3-6-10)19-15(22)13-14(20-13)17(24)25/h1-8,11,13-14,20H,9,18H2,(H,19,22)(H,24,25)/t11-,13-,14-/m0/s1. The van der Waals surface area contributed by atoms with Gasteiger partial charge in [0.05, 0.1) is 0 Å². The van der Waals surface area contributed by atoms with E-state index in [0.717, 1.165) is 5.56 Å². The maximum Gasteiger partial charge on any atom is 0.322 e. The summed E-state index contributed by atoms with van der Waals surface area (Å²) < 4.78 is 1.27. The number of rotatable bonds is 6. The van der Waals surface area contributed by atoms with Gasteiger partial charge in [-0.3, -0.25) is 24.3 Å². The summed E-state index contributed by atoms with van der Waals surface area (Å²) in [7, 11) is 0. The summed E-state index contributed by atoms with van der Waals surface area (Å²) in [6, 6.07) is 9.85. The second-order valence-electron chi connectivity index (χ2n) is 5.85. The fourth-order valence-corrected chi connectivity index (χ4v) is 2.65. The Morgan fingerprint density at radius 2 is 1.88 bits per heavy atom. The van der Waals surface area contributed by atoms with Crippen LogP contribution in [0.1, 0.15) is 10.4 Å². The van der Waals surface area contributed by atoms with Crippen LogP contribution in [0.5, 0.6) is 0 Å². The molecule has 0 radical (unpaired) electrons. The molecule has 1 saturated heterocycles. The van der Waals surface area contributed by atoms with Gasteiger partial charge in [-0.25, -0.2) is 0 Å². The highest BCUT2D eigenvalue weighted by Crippen LogP contribution is 2.14. The Balaban J connectivity index is 1.77. The first-order chi connectivity index (χ1) is 12.0. The summed E-state index contributed by atoms with van der Waals surface area (Å²) >= 11 is 0. The molecule has 8 nitrogen and oxygen atoms in total. The molecule has 1 aromatic carbocycles. The summed E-state index contributed by atoms with van der Waals surface area (Å²) in [4.78, 5) is 35.9. The average molecular weight is 342 g/mol. The number of carboxylic acids is 1. The number of carbonyl (C=O) groups excluding carboxylic acids is 2. The molecule has 25 heavy (non-hydrogen) atoms. The number of aliphatic carboxylic acids is 1. The molecule has 0 saturated carbocycles. The Bertz CT molecular complexity index is 802. The van der Waals surface area contributed by atoms with Crippen molar-refractivity contribution < 1.29 is 19.5 Å². The highest BCUT2D eigenvalue weighted by Gasteiger charge is 2.48. The van der Waals surface area contributed by atoms with Gasteiger partial charge in [-0.15, -0.1) is 0 Å². The van der Waals surface area contributed by atoms with E-state index in [2.05, 4.69) is 10.6 Å². The van der Waals surface area contributed by atoms with Gasteiger partial charge in [0.15, 0.2) is 0 Å². The number of carboxylic acid groups (broad SMARTS) is 1. The molecule has 0 spiro atoms. The van der Waals surface area contributed by atoms with Crippen LogP contribution in [0.2, 0.25) is 0 Å². The maximum absolute atomic E-state index is 12.8. The van der Waals surface area contributed by atoms with Crippen LogP contribution in [0.3, 0.4) is 0 Å². The second kappa shape index (κ2) is 6.78. The van der Waals surface area contributed by atoms with Crippen molar-refractivity contribution in [1.82, 2.24) is 15.2 Å². The first-order valence-corrected chi connectivity index (χ1v) is 7.77. The van der Waals surface area contributed by atoms with Crippen LogP contribution < -0.4 is 16.4 Å². The Morgan fingerprint density at radius 3 is 2.44 bits per heavy atom. The number of nitrogens with one attached hydrogen (secondary N) is 2. The number of aromatic nitrogens is 1. The SMILES string of the molecule is Nc1cccn1C(=O)[C@H](Cc1ccccc1)NC(=O)[C@H]1N[C@@H]1C(=O)O. The van der Waals surface area contributed by atoms with E-state index in [1.54, 1.807) is 12.1 Å². The lowest BCUT2D eigenvalue weighted by molar-refractivity contribution is -0.137. The van der Waals surface area contributed by atoms with Gasteiger partial charge in [0.2, 0.25) is 5.91 Å². The zero-order chi connectivity index (χ0) is 18.0. The fraction of sp³-hybridized carbons (Fsp3) is 0.235. The van der Waals surface area contributed by atoms with Crippen LogP contribution >= 0.6 is 0 Å². The molecule has 2 heterocycles. The van der Waals surface area contributed by atoms with Crippen molar-refractivity contribution in [3.63, 3.8) is 0 Å². The molecule has 8 heteroatoms. The molecule has 2 aromatic rings. The molecule has 0 aliphatic carbocycles. The summed E-state index contributed by atoms with van der Waals surface area (Å²) in [5.41, 5.74) is 6.64. The molecular formula is C17H18N4O4. The minimum absolute atomic E-state index is 0.269. The molecule has 1 amide bonds. The lowest BCUT2D eigenvalue weighted by Gasteiger charge is -2.19. The lowest BCUT2D eigenvalue weighted by atomic mass is 10.0. The first kappa shape index (κ1) is 16.7. The van der Waals surface area contributed by atoms with Crippen molar-refractivity contribution in [3.05, 3.63) is 54.2 Å². The summed E-state index contributed by atoms with van der Waals surface area (Å²) in [5, 5.41) is 14.1. The summed E-state index contributed by atoms with van der Waals surface area (Å²) in [6.45, 7) is 0. The van der Waals surface area contributed by atoms with Crippen molar-refractivity contribution in [2.24, 2.45) is 0 Å². The van der Waals surface area contributed by atoms with Crippen LogP contribution in [0.15, 0.2) is 48.7 Å². The molecule has 1 aromatic heterocycles. The van der Waals surface area contributed by atoms with Gasteiger partial charge in [-0.05, 0) is 17.7 Å². The normalized spacial score (nSPS) is 19.8. The van der Waals surface area contributed by atoms with Gasteiger partial charge in [-0.1, -0.05) is 30.3 Å². The van der Waals surface area contributed by atoms with E-state index in [9.17, 15) is 14.4 Å². The summed E-state index contributed by atoms with van der Waals surface area (Å²) in [5.74, 6) is -1.73. The summed E-state index contributed by atoms with van der Waals surface area (Å²) in [6.07, 6.45) is 1.80. The van der Waals surface area contributed by atoms with Gasteiger partial charge in [0.25, 0.3) is 5.91 Å². The average Bonchev–Trinajstić information content (AvgIpc) is 3.30. The molecule has 1 aliphatic heterocycles. The van der Waals surface area contributed by atoms with Crippen molar-refractivity contribution in [1.29, 1.82) is 0 Å². The number of benzene rings is 1. The number of hydrogen-bond acceptors (Lipinski definition) is 5. The maximum atomic E-state index is 12.8. The minimum atomic E-state index is -1.10. The molecule has 0 unspecified atom stereocenters. The number of nitrogen functional groups attached to an aromatic ring is 1. The van der Waals surface area contributed by atoms with E-state index in [4.69, 9.17) is 10.8 Å². The number of nitrogens with zero attached hydrogens (tertiary/aromatic N) is 1. The van der Waals surface area contributed by atoms with Crippen LogP contribution in [-0.4, -0.2) is 45.6 Å². The molecule has 1 aliphatic rings. The monoisotopic (exact) mass is 342 g/mol. The van der Waals surface area contributed by atoms with Gasteiger partial charge >= 0.3 is 5.97 Å². The van der Waals surface area contributed by atoms with Crippen LogP contribution in [0.25, 0.3) is 0 Å². The highest BCUT2D eigenvalue weighted by atomic mass is 16.4. The molecule has 5 N–H and O–H groups in total. The van der Waals surface area contributed by atoms with Crippen molar-refractivity contribution in [2.75, 3.05) is 5.73 Å². The fourth-order valence-electron chi connectivity index (χ4n) is 2.65. The third-order valence-electron chi connectivity index (χ3n) is 4.05. The first-order valence-electron chi connectivity index (χ1n) is 7.77. The van der Waals surface area contributed by atoms with E-state index < -0.39 is 30.0 Å². The molecular weight excluding hydrogens is 324 g/mol. The van der Waals surface area contributed by atoms with Gasteiger partial charge in [0, 0.05) is 12.6 Å². The van der Waals surface area contributed by atoms with Crippen LogP contribution in [0.4, 0.5) is 5.82 Å². The Labute approximate surface area is 143 Å². The van der Waals surface area contributed by atoms with E-state index in [-0.39, 0.29) is 18.1 Å². The Kier molecular flexibility index (Phi) is 4.53. The van der Waals surface area contributed by atoms with Gasteiger partial charge in [-0.2, -0.15) is 0 Å². The topological polar surface area (TPSA) is 136 Å². The third kappa shape index (κ3) is 3.69. The predicted octanol–water partition coefficient (Wildman–Crippen LogP) is -0.137. The van der Waals surface area contributed by atoms with Gasteiger partial charge in [0.1, 0.15) is 23.9 Å². The smallest absolute Gasteiger partial charge is 0.322 e. The molecule has 130 valence electrons. The van der Waals surface area contributed by atoms with Crippen LogP contribution in [0, 0.1) is 0 Å². The highest BCUT2D eigenvalue weighted by molar-refractivity contribution is 5.98. The van der Waals surface area contributed by atoms with Crippen molar-refractivity contribution in [2.45, 2.75) is 24.5 Å². The van der Waals surface area contributed by atoms with E-state index in [1.807, 2.05) is 30.3 Å². The second-order valence-corrected chi connectivity index (χ2v) is 5.85. The molecule has 0 bridgehead atoms. The van der Waals surface area contributed by atoms with Crippen molar-refractivity contribution in [3.8, 4) is 0 Å². The van der Waals surface area contributed by atoms with E-state index in [1.165, 1.54) is 10.8 Å². The van der Waals surface area contributed by atoms with Crippen molar-refractivity contribution >= 4 is 23.6 Å². The quantitative estimate of drug-likeness (QED) is 0.540. The zero-order valence-electron chi connectivity index (χ0n) is 13.3. The predicted molar refractivity (Wildman–Crippen MR) is 89.9 cm³/mol. The zero-order valence-corrected chi connectivity index (χ0v) is 13.3. The number of anilines is 1. The Morgan fingerprint density at radius 1 is 1.16 bits per heavy atom. The lowest BCUT2D eigenvalue weighted by Crippen LogP contribution is -2.47. The van der Waals surface area contributed by atoms with Crippen LogP contribution in [-0.2, 0) is 16.0 Å². The number of nitrogens with two attached hydrogens (primary N) is 1. The van der Waals surface area contributed by atoms with Gasteiger partial charge < -0.3 is 16.2 Å². The van der Waals surface area contributed by atoms with E-state index in [0.29, 0.717) is 0 Å². The third-order valence-corrected chi connectivity index (χ3v) is 4.05. The molecule has 1 fully saturated rings. The number of hydrogen-bond donors (Lipinski definition) is 4. The molecule has 3 atom stereocenters. The van der Waals surface area contributed by atoms with E-state index >= 15 is 0 Å². The number of amides is 1.